The van der Waals surface area contributed by atoms with Crippen LogP contribution in [0.25, 0.3) is 0 Å². The molecule has 0 bridgehead atoms. The van der Waals surface area contributed by atoms with Gasteiger partial charge in [-0.25, -0.2) is 0 Å². The van der Waals surface area contributed by atoms with Crippen molar-refractivity contribution in [1.82, 2.24) is 0 Å². The van der Waals surface area contributed by atoms with E-state index >= 15 is 0 Å². The summed E-state index contributed by atoms with van der Waals surface area (Å²) in [6.45, 7) is 3.54. The lowest BCUT2D eigenvalue weighted by atomic mass is 9.94. The highest BCUT2D eigenvalue weighted by molar-refractivity contribution is 4.77. The van der Waals surface area contributed by atoms with Gasteiger partial charge in [-0.2, -0.15) is 4.94 Å². The van der Waals surface area contributed by atoms with E-state index in [9.17, 15) is 9.63 Å². The maximum Gasteiger partial charge on any atom is 0.197 e. The molecule has 0 aromatic carbocycles. The van der Waals surface area contributed by atoms with E-state index in [1.54, 1.807) is 6.92 Å². The molecule has 1 saturated heterocycles. The lowest BCUT2D eigenvalue weighted by Gasteiger charge is -2.33. The van der Waals surface area contributed by atoms with Gasteiger partial charge in [-0.1, -0.05) is 6.92 Å². The van der Waals surface area contributed by atoms with Gasteiger partial charge < -0.3 is 14.9 Å². The Bertz CT molecular complexity index is 151. The van der Waals surface area contributed by atoms with Gasteiger partial charge in [0.2, 0.25) is 0 Å². The van der Waals surface area contributed by atoms with Crippen molar-refractivity contribution in [2.75, 3.05) is 7.11 Å². The van der Waals surface area contributed by atoms with Crippen LogP contribution < -0.4 is 0 Å². The quantitative estimate of drug-likeness (QED) is 0.646. The number of terminal acetylenes is 1. The standard InChI is InChI=1S/C7H13FO3.C2H2.CH4O/c1-4-3-6(11-8)10-5(2)7(4)9;2*1-2/h4-7,9H,3H2,1-2H3;1-2H;2H,1H3/t4-,5?,6-,7+;;/m0../s1. The predicted octanol–water partition coefficient (Wildman–Crippen LogP) is 0.877. The van der Waals surface area contributed by atoms with Crippen molar-refractivity contribution in [3.63, 3.8) is 0 Å². The Hall–Kier alpha value is -0.670. The Morgan fingerprint density at radius 2 is 1.80 bits per heavy atom. The maximum absolute atomic E-state index is 11.6. The molecule has 0 amide bonds. The molecule has 15 heavy (non-hydrogen) atoms. The first-order valence-electron chi connectivity index (χ1n) is 4.54. The monoisotopic (exact) mass is 222 g/mol. The molecule has 1 unspecified atom stereocenters. The molecule has 1 aliphatic heterocycles. The molecule has 2 N–H and O–H groups in total. The van der Waals surface area contributed by atoms with Crippen LogP contribution in [-0.4, -0.2) is 35.8 Å². The predicted molar refractivity (Wildman–Crippen MR) is 54.3 cm³/mol. The Kier molecular flexibility index (Phi) is 11.0. The average Bonchev–Trinajstić information content (AvgIpc) is 2.30. The van der Waals surface area contributed by atoms with Crippen LogP contribution in [0.1, 0.15) is 20.3 Å². The molecule has 4 atom stereocenters. The lowest BCUT2D eigenvalue weighted by Crippen LogP contribution is -2.42. The third kappa shape index (κ3) is 5.70. The first-order chi connectivity index (χ1) is 7.15. The highest BCUT2D eigenvalue weighted by Gasteiger charge is 2.33. The van der Waals surface area contributed by atoms with Crippen LogP contribution in [0.2, 0.25) is 0 Å². The molecule has 1 aliphatic rings. The Morgan fingerprint density at radius 1 is 1.33 bits per heavy atom. The third-order valence-corrected chi connectivity index (χ3v) is 2.09. The number of ether oxygens (including phenoxy) is 1. The lowest BCUT2D eigenvalue weighted by molar-refractivity contribution is -0.317. The van der Waals surface area contributed by atoms with Gasteiger partial charge in [-0.05, 0) is 17.4 Å². The van der Waals surface area contributed by atoms with Crippen molar-refractivity contribution in [1.29, 1.82) is 0 Å². The van der Waals surface area contributed by atoms with E-state index in [4.69, 9.17) is 9.84 Å². The molecule has 0 aromatic rings. The Labute approximate surface area is 89.9 Å². The summed E-state index contributed by atoms with van der Waals surface area (Å²) in [6, 6.07) is 0. The molecule has 1 rings (SSSR count). The van der Waals surface area contributed by atoms with E-state index in [-0.39, 0.29) is 12.0 Å². The van der Waals surface area contributed by atoms with Crippen LogP contribution in [0.15, 0.2) is 0 Å². The van der Waals surface area contributed by atoms with Gasteiger partial charge in [0, 0.05) is 13.5 Å². The second-order valence-corrected chi connectivity index (χ2v) is 3.06. The fourth-order valence-electron chi connectivity index (χ4n) is 1.34. The minimum absolute atomic E-state index is 0.0273. The molecule has 0 spiro atoms. The Balaban J connectivity index is 0. The van der Waals surface area contributed by atoms with Gasteiger partial charge in [0.1, 0.15) is 0 Å². The Morgan fingerprint density at radius 3 is 2.13 bits per heavy atom. The van der Waals surface area contributed by atoms with E-state index in [0.29, 0.717) is 6.42 Å². The van der Waals surface area contributed by atoms with Crippen LogP contribution in [0, 0.1) is 18.8 Å². The zero-order valence-corrected chi connectivity index (χ0v) is 9.26. The smallest absolute Gasteiger partial charge is 0.197 e. The molecular weight excluding hydrogens is 203 g/mol. The van der Waals surface area contributed by atoms with E-state index in [1.165, 1.54) is 0 Å². The highest BCUT2D eigenvalue weighted by atomic mass is 19.3. The van der Waals surface area contributed by atoms with Crippen LogP contribution in [0.5, 0.6) is 0 Å². The van der Waals surface area contributed by atoms with Crippen LogP contribution in [0.4, 0.5) is 4.53 Å². The van der Waals surface area contributed by atoms with Gasteiger partial charge in [0.05, 0.1) is 12.2 Å². The normalized spacial score (nSPS) is 34.1. The molecule has 0 radical (unpaired) electrons. The van der Waals surface area contributed by atoms with Crippen LogP contribution in [0.3, 0.4) is 0 Å². The van der Waals surface area contributed by atoms with E-state index in [2.05, 4.69) is 17.8 Å². The summed E-state index contributed by atoms with van der Waals surface area (Å²) in [4.78, 5) is 3.55. The summed E-state index contributed by atoms with van der Waals surface area (Å²) in [5.41, 5.74) is 0. The van der Waals surface area contributed by atoms with Crippen molar-refractivity contribution >= 4 is 0 Å². The first-order valence-corrected chi connectivity index (χ1v) is 4.54. The van der Waals surface area contributed by atoms with Gasteiger partial charge >= 0.3 is 0 Å². The fourth-order valence-corrected chi connectivity index (χ4v) is 1.34. The van der Waals surface area contributed by atoms with Crippen molar-refractivity contribution < 1.29 is 24.4 Å². The fraction of sp³-hybridized carbons (Fsp3) is 0.800. The molecule has 4 nitrogen and oxygen atoms in total. The SMILES string of the molecule is C#C.CC1O[C@@H](OF)C[C@H](C)[C@H]1O.CO. The molecular formula is C10H19FO4. The maximum atomic E-state index is 11.6. The molecule has 5 heteroatoms. The van der Waals surface area contributed by atoms with Crippen molar-refractivity contribution in [2.24, 2.45) is 5.92 Å². The van der Waals surface area contributed by atoms with Crippen molar-refractivity contribution in [2.45, 2.75) is 38.8 Å². The number of hydrogen-bond donors (Lipinski definition) is 2. The van der Waals surface area contributed by atoms with Gasteiger partial charge in [-0.3, -0.25) is 0 Å². The molecule has 0 aromatic heterocycles. The number of aliphatic hydroxyl groups excluding tert-OH is 2. The van der Waals surface area contributed by atoms with Crippen LogP contribution >= 0.6 is 0 Å². The van der Waals surface area contributed by atoms with Gasteiger partial charge in [0.25, 0.3) is 0 Å². The van der Waals surface area contributed by atoms with Crippen LogP contribution in [-0.2, 0) is 9.68 Å². The molecule has 90 valence electrons. The summed E-state index contributed by atoms with van der Waals surface area (Å²) in [6.07, 6.45) is 6.74. The highest BCUT2D eigenvalue weighted by Crippen LogP contribution is 2.25. The minimum Gasteiger partial charge on any atom is -0.400 e. The van der Waals surface area contributed by atoms with E-state index < -0.39 is 12.4 Å². The van der Waals surface area contributed by atoms with Gasteiger partial charge in [0.15, 0.2) is 6.29 Å². The topological polar surface area (TPSA) is 58.9 Å². The van der Waals surface area contributed by atoms with E-state index in [0.717, 1.165) is 7.11 Å². The summed E-state index contributed by atoms with van der Waals surface area (Å²) >= 11 is 0. The van der Waals surface area contributed by atoms with Gasteiger partial charge in [-0.15, -0.1) is 12.8 Å². The molecule has 0 saturated carbocycles. The zero-order valence-electron chi connectivity index (χ0n) is 9.26. The number of rotatable bonds is 1. The second kappa shape index (κ2) is 9.87. The summed E-state index contributed by atoms with van der Waals surface area (Å²) < 4.78 is 16.6. The second-order valence-electron chi connectivity index (χ2n) is 3.06. The summed E-state index contributed by atoms with van der Waals surface area (Å²) in [5, 5.41) is 16.4. The largest absolute Gasteiger partial charge is 0.400 e. The summed E-state index contributed by atoms with van der Waals surface area (Å²) in [7, 11) is 1.00. The van der Waals surface area contributed by atoms with Crippen molar-refractivity contribution in [3.8, 4) is 12.8 Å². The minimum atomic E-state index is -0.802. The molecule has 1 heterocycles. The van der Waals surface area contributed by atoms with E-state index in [1.807, 2.05) is 6.92 Å². The number of halogens is 1. The number of hydrogen-bond acceptors (Lipinski definition) is 4. The first kappa shape index (κ1) is 16.7. The zero-order chi connectivity index (χ0) is 12.4. The molecule has 0 aliphatic carbocycles. The third-order valence-electron chi connectivity index (χ3n) is 2.09. The average molecular weight is 222 g/mol. The molecule has 1 fully saturated rings. The summed E-state index contributed by atoms with van der Waals surface area (Å²) in [5.74, 6) is 0.0273. The number of aliphatic hydroxyl groups is 2. The van der Waals surface area contributed by atoms with Crippen molar-refractivity contribution in [3.05, 3.63) is 0 Å².